The molecule has 2 nitrogen and oxygen atoms in total. The van der Waals surface area contributed by atoms with E-state index in [9.17, 15) is 0 Å². The van der Waals surface area contributed by atoms with E-state index in [1.165, 1.54) is 24.8 Å². The van der Waals surface area contributed by atoms with E-state index in [4.69, 9.17) is 16.0 Å². The van der Waals surface area contributed by atoms with E-state index >= 15 is 0 Å². The number of hydrogen-bond acceptors (Lipinski definition) is 2. The van der Waals surface area contributed by atoms with Gasteiger partial charge in [-0.2, -0.15) is 0 Å². The minimum atomic E-state index is -1.74. The molecule has 1 aliphatic carbocycles. The van der Waals surface area contributed by atoms with Gasteiger partial charge in [-0.05, 0) is 61.7 Å². The van der Waals surface area contributed by atoms with Crippen molar-refractivity contribution in [3.8, 4) is 0 Å². The predicted octanol–water partition coefficient (Wildman–Crippen LogP) is 6.39. The van der Waals surface area contributed by atoms with Crippen molar-refractivity contribution in [2.24, 2.45) is 0 Å². The molecule has 0 saturated heterocycles. The Balaban J connectivity index is 2.12. The SMILES string of the molecule is Cc1cc(Cl)cc(N[C@@H]2CCCC[C@H]2O[Si](C)(C)C(C)(C)C)c1. The molecule has 1 fully saturated rings. The Hall–Kier alpha value is -0.513. The summed E-state index contributed by atoms with van der Waals surface area (Å²) in [6, 6.07) is 6.57. The van der Waals surface area contributed by atoms with Crippen LogP contribution in [0.3, 0.4) is 0 Å². The molecule has 4 heteroatoms. The van der Waals surface area contributed by atoms with Crippen LogP contribution in [-0.2, 0) is 4.43 Å². The first-order valence-corrected chi connectivity index (χ1v) is 12.1. The summed E-state index contributed by atoms with van der Waals surface area (Å²) in [6.07, 6.45) is 5.18. The summed E-state index contributed by atoms with van der Waals surface area (Å²) in [5, 5.41) is 4.75. The second-order valence-electron chi connectivity index (χ2n) is 8.47. The third-order valence-corrected chi connectivity index (χ3v) is 10.1. The minimum absolute atomic E-state index is 0.252. The average Bonchev–Trinajstić information content (AvgIpc) is 2.38. The van der Waals surface area contributed by atoms with Gasteiger partial charge in [0.25, 0.3) is 0 Å². The number of nitrogens with one attached hydrogen (secondary N) is 1. The van der Waals surface area contributed by atoms with Crippen LogP contribution in [0.15, 0.2) is 18.2 Å². The maximum Gasteiger partial charge on any atom is 0.192 e. The van der Waals surface area contributed by atoms with Gasteiger partial charge in [-0.25, -0.2) is 0 Å². The van der Waals surface area contributed by atoms with Crippen LogP contribution >= 0.6 is 11.6 Å². The summed E-state index contributed by atoms with van der Waals surface area (Å²) in [4.78, 5) is 0. The Morgan fingerprint density at radius 3 is 2.39 bits per heavy atom. The van der Waals surface area contributed by atoms with Crippen molar-refractivity contribution in [1.29, 1.82) is 0 Å². The molecule has 1 aliphatic rings. The number of hydrogen-bond donors (Lipinski definition) is 1. The van der Waals surface area contributed by atoms with Crippen LogP contribution in [-0.4, -0.2) is 20.5 Å². The van der Waals surface area contributed by atoms with Gasteiger partial charge in [0.05, 0.1) is 12.1 Å². The third-order valence-electron chi connectivity index (χ3n) is 5.35. The van der Waals surface area contributed by atoms with Crippen molar-refractivity contribution < 1.29 is 4.43 Å². The summed E-state index contributed by atoms with van der Waals surface area (Å²) in [5.41, 5.74) is 2.31. The van der Waals surface area contributed by atoms with E-state index in [2.05, 4.69) is 52.2 Å². The lowest BCUT2D eigenvalue weighted by atomic mass is 9.92. The van der Waals surface area contributed by atoms with E-state index in [1.807, 2.05) is 12.1 Å². The number of rotatable bonds is 4. The smallest absolute Gasteiger partial charge is 0.192 e. The van der Waals surface area contributed by atoms with Crippen molar-refractivity contribution in [3.05, 3.63) is 28.8 Å². The third kappa shape index (κ3) is 4.98. The van der Waals surface area contributed by atoms with Gasteiger partial charge in [0, 0.05) is 10.7 Å². The van der Waals surface area contributed by atoms with E-state index in [0.717, 1.165) is 17.1 Å². The van der Waals surface area contributed by atoms with Crippen LogP contribution in [0.2, 0.25) is 23.2 Å². The summed E-state index contributed by atoms with van der Waals surface area (Å²) in [7, 11) is -1.74. The highest BCUT2D eigenvalue weighted by Gasteiger charge is 2.41. The van der Waals surface area contributed by atoms with Crippen molar-refractivity contribution in [2.45, 2.75) is 83.7 Å². The van der Waals surface area contributed by atoms with E-state index in [1.54, 1.807) is 0 Å². The van der Waals surface area contributed by atoms with Gasteiger partial charge in [0.15, 0.2) is 8.32 Å². The quantitative estimate of drug-likeness (QED) is 0.633. The molecule has 1 saturated carbocycles. The normalized spacial score (nSPS) is 22.9. The molecule has 0 bridgehead atoms. The number of halogens is 1. The number of aryl methyl sites for hydroxylation is 1. The molecular weight excluding hydrogens is 322 g/mol. The Morgan fingerprint density at radius 1 is 1.13 bits per heavy atom. The minimum Gasteiger partial charge on any atom is -0.412 e. The van der Waals surface area contributed by atoms with E-state index in [0.29, 0.717) is 12.1 Å². The maximum absolute atomic E-state index is 6.73. The fourth-order valence-electron chi connectivity index (χ4n) is 2.99. The van der Waals surface area contributed by atoms with Gasteiger partial charge in [-0.15, -0.1) is 0 Å². The lowest BCUT2D eigenvalue weighted by molar-refractivity contribution is 0.124. The topological polar surface area (TPSA) is 21.3 Å². The molecular formula is C19H32ClNOSi. The van der Waals surface area contributed by atoms with Crippen molar-refractivity contribution in [1.82, 2.24) is 0 Å². The summed E-state index contributed by atoms with van der Waals surface area (Å²) in [6.45, 7) is 13.7. The van der Waals surface area contributed by atoms with Gasteiger partial charge < -0.3 is 9.74 Å². The Morgan fingerprint density at radius 2 is 1.78 bits per heavy atom. The average molecular weight is 354 g/mol. The second kappa shape index (κ2) is 7.16. The zero-order chi connectivity index (χ0) is 17.3. The molecule has 0 radical (unpaired) electrons. The first-order chi connectivity index (χ1) is 10.6. The van der Waals surface area contributed by atoms with Crippen LogP contribution < -0.4 is 5.32 Å². The van der Waals surface area contributed by atoms with Crippen LogP contribution in [0.5, 0.6) is 0 Å². The monoisotopic (exact) mass is 353 g/mol. The molecule has 130 valence electrons. The number of anilines is 1. The molecule has 2 atom stereocenters. The Bertz CT molecular complexity index is 518. The highest BCUT2D eigenvalue weighted by Crippen LogP contribution is 2.39. The largest absolute Gasteiger partial charge is 0.412 e. The van der Waals surface area contributed by atoms with Crippen LogP contribution in [0.1, 0.15) is 52.0 Å². The molecule has 0 unspecified atom stereocenters. The van der Waals surface area contributed by atoms with Gasteiger partial charge >= 0.3 is 0 Å². The molecule has 1 N–H and O–H groups in total. The van der Waals surface area contributed by atoms with E-state index in [-0.39, 0.29) is 5.04 Å². The zero-order valence-corrected chi connectivity index (χ0v) is 17.3. The first kappa shape index (κ1) is 18.8. The second-order valence-corrected chi connectivity index (χ2v) is 13.7. The van der Waals surface area contributed by atoms with Gasteiger partial charge in [-0.1, -0.05) is 45.2 Å². The lowest BCUT2D eigenvalue weighted by Gasteiger charge is -2.43. The predicted molar refractivity (Wildman–Crippen MR) is 104 cm³/mol. The molecule has 0 aliphatic heterocycles. The summed E-state index contributed by atoms with van der Waals surface area (Å²) in [5.74, 6) is 0. The molecule has 0 spiro atoms. The standard InChI is InChI=1S/C19H32ClNOSi/c1-14-11-15(20)13-16(12-14)21-17-9-7-8-10-18(17)22-23(5,6)19(2,3)4/h11-13,17-18,21H,7-10H2,1-6H3/t17-,18-/m1/s1. The summed E-state index contributed by atoms with van der Waals surface area (Å²) < 4.78 is 6.73. The maximum atomic E-state index is 6.73. The van der Waals surface area contributed by atoms with Crippen LogP contribution in [0, 0.1) is 6.92 Å². The van der Waals surface area contributed by atoms with Gasteiger partial charge in [-0.3, -0.25) is 0 Å². The Kier molecular flexibility index (Phi) is 5.86. The van der Waals surface area contributed by atoms with Crippen LogP contribution in [0.25, 0.3) is 0 Å². The molecule has 0 heterocycles. The van der Waals surface area contributed by atoms with Crippen molar-refractivity contribution >= 4 is 25.6 Å². The first-order valence-electron chi connectivity index (χ1n) is 8.80. The van der Waals surface area contributed by atoms with Crippen molar-refractivity contribution in [2.75, 3.05) is 5.32 Å². The molecule has 1 aromatic carbocycles. The fraction of sp³-hybridized carbons (Fsp3) is 0.684. The highest BCUT2D eigenvalue weighted by molar-refractivity contribution is 6.74. The summed E-state index contributed by atoms with van der Waals surface area (Å²) >= 11 is 6.21. The van der Waals surface area contributed by atoms with Crippen LogP contribution in [0.4, 0.5) is 5.69 Å². The highest BCUT2D eigenvalue weighted by atomic mass is 35.5. The molecule has 2 rings (SSSR count). The molecule has 0 aromatic heterocycles. The molecule has 0 amide bonds. The van der Waals surface area contributed by atoms with E-state index < -0.39 is 8.32 Å². The Labute approximate surface area is 148 Å². The van der Waals surface area contributed by atoms with Gasteiger partial charge in [0.2, 0.25) is 0 Å². The lowest BCUT2D eigenvalue weighted by Crippen LogP contribution is -2.49. The van der Waals surface area contributed by atoms with Gasteiger partial charge in [0.1, 0.15) is 0 Å². The zero-order valence-electron chi connectivity index (χ0n) is 15.5. The molecule has 1 aromatic rings. The molecule has 23 heavy (non-hydrogen) atoms. The van der Waals surface area contributed by atoms with Crippen molar-refractivity contribution in [3.63, 3.8) is 0 Å². The number of benzene rings is 1. The fourth-order valence-corrected chi connectivity index (χ4v) is 4.67.